The molecule has 2 aromatic heterocycles. The first-order valence-corrected chi connectivity index (χ1v) is 7.55. The van der Waals surface area contributed by atoms with Gasteiger partial charge in [-0.1, -0.05) is 13.8 Å². The summed E-state index contributed by atoms with van der Waals surface area (Å²) in [6.45, 7) is 7.05. The van der Waals surface area contributed by atoms with Crippen LogP contribution < -0.4 is 5.32 Å². The Morgan fingerprint density at radius 1 is 1.21 bits per heavy atom. The van der Waals surface area contributed by atoms with Crippen molar-refractivity contribution in [3.63, 3.8) is 0 Å². The summed E-state index contributed by atoms with van der Waals surface area (Å²) in [7, 11) is 0. The molecule has 0 unspecified atom stereocenters. The van der Waals surface area contributed by atoms with Crippen LogP contribution in [0, 0.1) is 6.92 Å². The molecule has 0 amide bonds. The van der Waals surface area contributed by atoms with Crippen molar-refractivity contribution < 1.29 is 0 Å². The van der Waals surface area contributed by atoms with Crippen molar-refractivity contribution in [1.29, 1.82) is 0 Å². The van der Waals surface area contributed by atoms with Crippen LogP contribution in [0.1, 0.15) is 35.3 Å². The lowest BCUT2D eigenvalue weighted by Crippen LogP contribution is -2.08. The van der Waals surface area contributed by atoms with Gasteiger partial charge in [-0.05, 0) is 19.8 Å². The summed E-state index contributed by atoms with van der Waals surface area (Å²) in [5.41, 5.74) is 1.08. The molecule has 0 radical (unpaired) electrons. The molecule has 0 saturated heterocycles. The zero-order valence-corrected chi connectivity index (χ0v) is 12.5. The van der Waals surface area contributed by atoms with E-state index in [9.17, 15) is 0 Å². The summed E-state index contributed by atoms with van der Waals surface area (Å²) < 4.78 is 0. The molecule has 0 atom stereocenters. The van der Waals surface area contributed by atoms with Gasteiger partial charge in [0.25, 0.3) is 0 Å². The highest BCUT2D eigenvalue weighted by Crippen LogP contribution is 2.14. The fraction of sp³-hybridized carbons (Fsp3) is 0.500. The van der Waals surface area contributed by atoms with E-state index in [0.717, 1.165) is 43.1 Å². The van der Waals surface area contributed by atoms with E-state index in [2.05, 4.69) is 34.1 Å². The summed E-state index contributed by atoms with van der Waals surface area (Å²) in [6, 6.07) is 2.02. The lowest BCUT2D eigenvalue weighted by Gasteiger charge is -2.06. The Morgan fingerprint density at radius 2 is 2.05 bits per heavy atom. The number of aryl methyl sites for hydroxylation is 3. The van der Waals surface area contributed by atoms with E-state index in [1.165, 1.54) is 9.88 Å². The minimum Gasteiger partial charge on any atom is -0.370 e. The number of thiazole rings is 1. The Hall–Kier alpha value is -1.49. The molecular weight excluding hydrogens is 256 g/mol. The Morgan fingerprint density at radius 3 is 2.74 bits per heavy atom. The monoisotopic (exact) mass is 276 g/mol. The second kappa shape index (κ2) is 6.61. The standard InChI is InChI=1S/C14H20N4S/c1-4-11-8-13(18-10(3)17-11)15-7-6-14-16-9-12(5-2)19-14/h8-9H,4-7H2,1-3H3,(H,15,17,18). The number of aromatic nitrogens is 3. The molecule has 2 heterocycles. The molecule has 0 aliphatic carbocycles. The molecule has 0 spiro atoms. The third kappa shape index (κ3) is 3.99. The van der Waals surface area contributed by atoms with Gasteiger partial charge in [-0.3, -0.25) is 0 Å². The van der Waals surface area contributed by atoms with Gasteiger partial charge in [-0.2, -0.15) is 0 Å². The minimum absolute atomic E-state index is 0.823. The number of anilines is 1. The molecule has 102 valence electrons. The maximum atomic E-state index is 4.42. The van der Waals surface area contributed by atoms with E-state index in [1.54, 1.807) is 11.3 Å². The van der Waals surface area contributed by atoms with E-state index in [4.69, 9.17) is 0 Å². The molecule has 5 heteroatoms. The average molecular weight is 276 g/mol. The van der Waals surface area contributed by atoms with Crippen LogP contribution >= 0.6 is 11.3 Å². The normalized spacial score (nSPS) is 10.7. The first-order valence-electron chi connectivity index (χ1n) is 6.73. The fourth-order valence-electron chi connectivity index (χ4n) is 1.83. The van der Waals surface area contributed by atoms with Crippen LogP contribution in [-0.2, 0) is 19.3 Å². The van der Waals surface area contributed by atoms with Crippen molar-refractivity contribution in [3.8, 4) is 0 Å². The van der Waals surface area contributed by atoms with E-state index >= 15 is 0 Å². The van der Waals surface area contributed by atoms with Gasteiger partial charge in [0.05, 0.1) is 5.01 Å². The van der Waals surface area contributed by atoms with Crippen LogP contribution in [0.3, 0.4) is 0 Å². The molecule has 0 saturated carbocycles. The Kier molecular flexibility index (Phi) is 4.85. The number of hydrogen-bond acceptors (Lipinski definition) is 5. The molecule has 0 bridgehead atoms. The summed E-state index contributed by atoms with van der Waals surface area (Å²) in [4.78, 5) is 14.5. The van der Waals surface area contributed by atoms with E-state index < -0.39 is 0 Å². The van der Waals surface area contributed by atoms with Gasteiger partial charge in [0.1, 0.15) is 11.6 Å². The van der Waals surface area contributed by atoms with Crippen LogP contribution in [0.25, 0.3) is 0 Å². The van der Waals surface area contributed by atoms with E-state index in [-0.39, 0.29) is 0 Å². The second-order valence-corrected chi connectivity index (χ2v) is 5.60. The zero-order chi connectivity index (χ0) is 13.7. The highest BCUT2D eigenvalue weighted by atomic mass is 32.1. The Balaban J connectivity index is 1.90. The highest BCUT2D eigenvalue weighted by Gasteiger charge is 2.02. The molecule has 19 heavy (non-hydrogen) atoms. The molecule has 0 aliphatic rings. The molecule has 4 nitrogen and oxygen atoms in total. The number of hydrogen-bond donors (Lipinski definition) is 1. The summed E-state index contributed by atoms with van der Waals surface area (Å²) in [6.07, 6.45) is 4.92. The third-order valence-corrected chi connectivity index (χ3v) is 4.05. The Labute approximate surface area is 118 Å². The Bertz CT molecular complexity index is 536. The van der Waals surface area contributed by atoms with Crippen molar-refractivity contribution in [2.45, 2.75) is 40.0 Å². The number of nitrogens with zero attached hydrogens (tertiary/aromatic N) is 3. The van der Waals surface area contributed by atoms with Crippen LogP contribution in [0.2, 0.25) is 0 Å². The average Bonchev–Trinajstić information content (AvgIpc) is 2.86. The SMILES string of the molecule is CCc1cc(NCCc2ncc(CC)s2)nc(C)n1. The van der Waals surface area contributed by atoms with E-state index in [0.29, 0.717) is 0 Å². The lowest BCUT2D eigenvalue weighted by atomic mass is 10.3. The summed E-state index contributed by atoms with van der Waals surface area (Å²) in [5.74, 6) is 1.74. The van der Waals surface area contributed by atoms with Crippen LogP contribution in [0.5, 0.6) is 0 Å². The fourth-order valence-corrected chi connectivity index (χ4v) is 2.69. The van der Waals surface area contributed by atoms with Gasteiger partial charge >= 0.3 is 0 Å². The third-order valence-electron chi connectivity index (χ3n) is 2.85. The topological polar surface area (TPSA) is 50.7 Å². The number of nitrogens with one attached hydrogen (secondary N) is 1. The highest BCUT2D eigenvalue weighted by molar-refractivity contribution is 7.11. The van der Waals surface area contributed by atoms with E-state index in [1.807, 2.05) is 19.2 Å². The van der Waals surface area contributed by atoms with Crippen molar-refractivity contribution >= 4 is 17.2 Å². The van der Waals surface area contributed by atoms with Crippen molar-refractivity contribution in [2.24, 2.45) is 0 Å². The van der Waals surface area contributed by atoms with Gasteiger partial charge in [0, 0.05) is 35.8 Å². The van der Waals surface area contributed by atoms with Gasteiger partial charge in [0.15, 0.2) is 0 Å². The van der Waals surface area contributed by atoms with Gasteiger partial charge in [0.2, 0.25) is 0 Å². The number of rotatable bonds is 6. The molecule has 0 aliphatic heterocycles. The van der Waals surface area contributed by atoms with Crippen molar-refractivity contribution in [3.05, 3.63) is 33.7 Å². The van der Waals surface area contributed by atoms with Crippen molar-refractivity contribution in [1.82, 2.24) is 15.0 Å². The minimum atomic E-state index is 0.823. The predicted octanol–water partition coefficient (Wildman–Crippen LogP) is 3.02. The largest absolute Gasteiger partial charge is 0.370 e. The molecular formula is C14H20N4S. The smallest absolute Gasteiger partial charge is 0.129 e. The van der Waals surface area contributed by atoms with Crippen LogP contribution in [-0.4, -0.2) is 21.5 Å². The molecule has 1 N–H and O–H groups in total. The molecule has 0 fully saturated rings. The molecule has 2 aromatic rings. The van der Waals surface area contributed by atoms with Crippen LogP contribution in [0.15, 0.2) is 12.3 Å². The molecule has 2 rings (SSSR count). The quantitative estimate of drug-likeness (QED) is 0.881. The van der Waals surface area contributed by atoms with Gasteiger partial charge < -0.3 is 5.32 Å². The second-order valence-electron chi connectivity index (χ2n) is 4.40. The maximum Gasteiger partial charge on any atom is 0.129 e. The van der Waals surface area contributed by atoms with Crippen molar-refractivity contribution in [2.75, 3.05) is 11.9 Å². The first-order chi connectivity index (χ1) is 9.21. The predicted molar refractivity (Wildman–Crippen MR) is 79.8 cm³/mol. The first kappa shape index (κ1) is 13.9. The van der Waals surface area contributed by atoms with Gasteiger partial charge in [-0.15, -0.1) is 11.3 Å². The molecule has 0 aromatic carbocycles. The van der Waals surface area contributed by atoms with Crippen LogP contribution in [0.4, 0.5) is 5.82 Å². The lowest BCUT2D eigenvalue weighted by molar-refractivity contribution is 0.929. The maximum absolute atomic E-state index is 4.42. The summed E-state index contributed by atoms with van der Waals surface area (Å²) >= 11 is 1.79. The summed E-state index contributed by atoms with van der Waals surface area (Å²) in [5, 5.41) is 4.54. The zero-order valence-electron chi connectivity index (χ0n) is 11.7. The van der Waals surface area contributed by atoms with Gasteiger partial charge in [-0.25, -0.2) is 15.0 Å².